The van der Waals surface area contributed by atoms with Crippen LogP contribution in [0, 0.1) is 0 Å². The second kappa shape index (κ2) is 8.15. The predicted octanol–water partition coefficient (Wildman–Crippen LogP) is 3.79. The molecule has 1 rings (SSSR count). The van der Waals surface area contributed by atoms with Crippen molar-refractivity contribution in [3.8, 4) is 5.75 Å². The number of allylic oxidation sites excluding steroid dienone is 2. The smallest absolute Gasteiger partial charge is 0.407 e. The summed E-state index contributed by atoms with van der Waals surface area (Å²) in [5.41, 5.74) is 0.614. The van der Waals surface area contributed by atoms with Crippen LogP contribution in [0.2, 0.25) is 0 Å². The van der Waals surface area contributed by atoms with Crippen LogP contribution in [0.3, 0.4) is 0 Å². The molecule has 4 heteroatoms. The number of hydrogen-bond acceptors (Lipinski definition) is 3. The molecule has 0 fully saturated rings. The number of amides is 1. The first-order chi connectivity index (χ1) is 9.90. The number of carbonyl (C=O) groups is 1. The molecule has 0 heterocycles. The molecule has 0 aliphatic heterocycles. The number of rotatable bonds is 5. The minimum absolute atomic E-state index is 0.411. The lowest BCUT2D eigenvalue weighted by Gasteiger charge is -2.19. The van der Waals surface area contributed by atoms with Gasteiger partial charge in [-0.25, -0.2) is 4.79 Å². The van der Waals surface area contributed by atoms with Gasteiger partial charge in [-0.15, -0.1) is 0 Å². The third kappa shape index (κ3) is 7.82. The van der Waals surface area contributed by atoms with Gasteiger partial charge in [-0.05, 0) is 38.5 Å². The third-order valence-corrected chi connectivity index (χ3v) is 2.41. The molecule has 0 spiro atoms. The van der Waals surface area contributed by atoms with Crippen LogP contribution in [0.1, 0.15) is 26.3 Å². The van der Waals surface area contributed by atoms with Gasteiger partial charge in [0, 0.05) is 6.54 Å². The Bertz CT molecular complexity index is 496. The molecule has 21 heavy (non-hydrogen) atoms. The molecule has 0 radical (unpaired) electrons. The number of ether oxygens (including phenoxy) is 2. The van der Waals surface area contributed by atoms with E-state index < -0.39 is 11.7 Å². The number of methoxy groups -OCH3 is 1. The number of nitrogens with one attached hydrogen (secondary N) is 1. The highest BCUT2D eigenvalue weighted by atomic mass is 16.6. The van der Waals surface area contributed by atoms with Gasteiger partial charge < -0.3 is 14.8 Å². The Labute approximate surface area is 126 Å². The van der Waals surface area contributed by atoms with Crippen molar-refractivity contribution in [1.29, 1.82) is 0 Å². The van der Waals surface area contributed by atoms with Crippen LogP contribution in [-0.4, -0.2) is 25.3 Å². The second-order valence-electron chi connectivity index (χ2n) is 5.44. The Morgan fingerprint density at radius 3 is 2.43 bits per heavy atom. The Kier molecular flexibility index (Phi) is 6.53. The van der Waals surface area contributed by atoms with E-state index in [4.69, 9.17) is 9.47 Å². The van der Waals surface area contributed by atoms with Gasteiger partial charge >= 0.3 is 6.09 Å². The van der Waals surface area contributed by atoms with Crippen molar-refractivity contribution >= 4 is 12.2 Å². The fourth-order valence-corrected chi connectivity index (χ4v) is 1.48. The molecule has 4 nitrogen and oxygen atoms in total. The number of hydrogen-bond donors (Lipinski definition) is 1. The molecule has 1 aromatic carbocycles. The number of benzene rings is 1. The van der Waals surface area contributed by atoms with Crippen LogP contribution in [0.15, 0.2) is 42.5 Å². The lowest BCUT2D eigenvalue weighted by atomic mass is 10.2. The van der Waals surface area contributed by atoms with Gasteiger partial charge in [0.25, 0.3) is 0 Å². The molecule has 0 aliphatic carbocycles. The van der Waals surface area contributed by atoms with E-state index in [1.807, 2.05) is 69.3 Å². The van der Waals surface area contributed by atoms with Crippen LogP contribution in [0.5, 0.6) is 5.75 Å². The lowest BCUT2D eigenvalue weighted by Crippen LogP contribution is -2.32. The monoisotopic (exact) mass is 289 g/mol. The van der Waals surface area contributed by atoms with E-state index in [1.165, 1.54) is 0 Å². The van der Waals surface area contributed by atoms with Gasteiger partial charge in [0.15, 0.2) is 0 Å². The summed E-state index contributed by atoms with van der Waals surface area (Å²) in [5.74, 6) is 0.837. The van der Waals surface area contributed by atoms with Crippen LogP contribution in [0.4, 0.5) is 4.79 Å². The molecule has 0 saturated carbocycles. The maximum Gasteiger partial charge on any atom is 0.407 e. The summed E-state index contributed by atoms with van der Waals surface area (Å²) in [6, 6.07) is 7.77. The van der Waals surface area contributed by atoms with Gasteiger partial charge in [-0.3, -0.25) is 0 Å². The highest BCUT2D eigenvalue weighted by Crippen LogP contribution is 2.12. The minimum Gasteiger partial charge on any atom is -0.497 e. The summed E-state index contributed by atoms with van der Waals surface area (Å²) in [7, 11) is 1.64. The van der Waals surface area contributed by atoms with Crippen molar-refractivity contribution in [1.82, 2.24) is 5.32 Å². The standard InChI is InChI=1S/C17H23NO3/c1-17(2,3)21-16(19)18-13-7-5-6-8-14-9-11-15(20-4)12-10-14/h5-12H,13H2,1-4H3,(H,18,19)/b7-5+,8-6+. The third-order valence-electron chi connectivity index (χ3n) is 2.41. The molecular formula is C17H23NO3. The predicted molar refractivity (Wildman–Crippen MR) is 85.4 cm³/mol. The Morgan fingerprint density at radius 2 is 1.86 bits per heavy atom. The van der Waals surface area contributed by atoms with E-state index in [0.29, 0.717) is 6.54 Å². The SMILES string of the molecule is COc1ccc(/C=C/C=C/CNC(=O)OC(C)(C)C)cc1. The topological polar surface area (TPSA) is 47.6 Å². The van der Waals surface area contributed by atoms with Crippen LogP contribution in [-0.2, 0) is 4.74 Å². The maximum absolute atomic E-state index is 11.4. The Hall–Kier alpha value is -2.23. The summed E-state index contributed by atoms with van der Waals surface area (Å²) in [5, 5.41) is 2.65. The Morgan fingerprint density at radius 1 is 1.19 bits per heavy atom. The average Bonchev–Trinajstić information content (AvgIpc) is 2.41. The van der Waals surface area contributed by atoms with Crippen molar-refractivity contribution in [3.63, 3.8) is 0 Å². The van der Waals surface area contributed by atoms with Gasteiger partial charge in [0.2, 0.25) is 0 Å². The zero-order chi connectivity index (χ0) is 15.7. The fourth-order valence-electron chi connectivity index (χ4n) is 1.48. The van der Waals surface area contributed by atoms with Gasteiger partial charge in [-0.1, -0.05) is 36.4 Å². The van der Waals surface area contributed by atoms with Crippen molar-refractivity contribution < 1.29 is 14.3 Å². The second-order valence-corrected chi connectivity index (χ2v) is 5.44. The molecule has 1 aromatic rings. The summed E-state index contributed by atoms with van der Waals surface area (Å²) in [4.78, 5) is 11.4. The van der Waals surface area contributed by atoms with Crippen molar-refractivity contribution in [3.05, 3.63) is 48.1 Å². The molecule has 1 amide bonds. The zero-order valence-electron chi connectivity index (χ0n) is 13.1. The van der Waals surface area contributed by atoms with Crippen LogP contribution in [0.25, 0.3) is 6.08 Å². The van der Waals surface area contributed by atoms with Crippen LogP contribution >= 0.6 is 0 Å². The molecule has 1 N–H and O–H groups in total. The van der Waals surface area contributed by atoms with Gasteiger partial charge in [-0.2, -0.15) is 0 Å². The fraction of sp³-hybridized carbons (Fsp3) is 0.353. The summed E-state index contributed by atoms with van der Waals surface area (Å²) >= 11 is 0. The van der Waals surface area contributed by atoms with E-state index in [-0.39, 0.29) is 0 Å². The summed E-state index contributed by atoms with van der Waals surface area (Å²) in [6.45, 7) is 5.93. The maximum atomic E-state index is 11.4. The lowest BCUT2D eigenvalue weighted by molar-refractivity contribution is 0.0534. The zero-order valence-corrected chi connectivity index (χ0v) is 13.1. The highest BCUT2D eigenvalue weighted by Gasteiger charge is 2.14. The number of alkyl carbamates (subject to hydrolysis) is 1. The number of carbonyl (C=O) groups excluding carboxylic acids is 1. The first-order valence-corrected chi connectivity index (χ1v) is 6.85. The first-order valence-electron chi connectivity index (χ1n) is 6.85. The molecule has 0 atom stereocenters. The van der Waals surface area contributed by atoms with Crippen molar-refractivity contribution in [2.24, 2.45) is 0 Å². The molecule has 0 aliphatic rings. The largest absolute Gasteiger partial charge is 0.497 e. The quantitative estimate of drug-likeness (QED) is 0.839. The van der Waals surface area contributed by atoms with E-state index in [1.54, 1.807) is 7.11 Å². The van der Waals surface area contributed by atoms with E-state index in [2.05, 4.69) is 5.32 Å². The van der Waals surface area contributed by atoms with Gasteiger partial charge in [0.1, 0.15) is 11.4 Å². The molecule has 0 unspecified atom stereocenters. The highest BCUT2D eigenvalue weighted by molar-refractivity contribution is 5.67. The summed E-state index contributed by atoms with van der Waals surface area (Å²) in [6.07, 6.45) is 7.21. The normalized spacial score (nSPS) is 11.8. The first kappa shape index (κ1) is 16.8. The van der Waals surface area contributed by atoms with E-state index in [0.717, 1.165) is 11.3 Å². The minimum atomic E-state index is -0.470. The van der Waals surface area contributed by atoms with Crippen molar-refractivity contribution in [2.45, 2.75) is 26.4 Å². The van der Waals surface area contributed by atoms with Gasteiger partial charge in [0.05, 0.1) is 7.11 Å². The van der Waals surface area contributed by atoms with Crippen LogP contribution < -0.4 is 10.1 Å². The molecule has 0 bridgehead atoms. The van der Waals surface area contributed by atoms with Crippen molar-refractivity contribution in [2.75, 3.05) is 13.7 Å². The molecule has 114 valence electrons. The van der Waals surface area contributed by atoms with E-state index in [9.17, 15) is 4.79 Å². The molecule has 0 saturated heterocycles. The Balaban J connectivity index is 2.31. The summed E-state index contributed by atoms with van der Waals surface area (Å²) < 4.78 is 10.2. The average molecular weight is 289 g/mol. The van der Waals surface area contributed by atoms with E-state index >= 15 is 0 Å². The molecular weight excluding hydrogens is 266 g/mol. The molecule has 0 aromatic heterocycles.